The van der Waals surface area contributed by atoms with Crippen molar-refractivity contribution in [3.63, 3.8) is 0 Å². The molecule has 0 saturated carbocycles. The van der Waals surface area contributed by atoms with Crippen molar-refractivity contribution in [2.75, 3.05) is 0 Å². The van der Waals surface area contributed by atoms with Crippen molar-refractivity contribution < 1.29 is 0 Å². The lowest BCUT2D eigenvalue weighted by Gasteiger charge is -1.98. The van der Waals surface area contributed by atoms with E-state index in [2.05, 4.69) is 37.0 Å². The highest BCUT2D eigenvalue weighted by Crippen LogP contribution is 2.03. The van der Waals surface area contributed by atoms with Gasteiger partial charge in [-0.15, -0.1) is 5.10 Å². The third kappa shape index (κ3) is 8.99. The zero-order valence-electron chi connectivity index (χ0n) is 7.96. The Morgan fingerprint density at radius 3 is 2.75 bits per heavy atom. The maximum Gasteiger partial charge on any atom is 0.00358 e. The minimum Gasteiger partial charge on any atom is -0.315 e. The molecule has 0 heterocycles. The Bertz CT molecular complexity index is 174. The molecule has 2 nitrogen and oxygen atoms in total. The summed E-state index contributed by atoms with van der Waals surface area (Å²) < 4.78 is 0. The van der Waals surface area contributed by atoms with Gasteiger partial charge in [0.05, 0.1) is 0 Å². The van der Waals surface area contributed by atoms with Gasteiger partial charge in [0.2, 0.25) is 0 Å². The summed E-state index contributed by atoms with van der Waals surface area (Å²) in [7, 11) is 0. The summed E-state index contributed by atoms with van der Waals surface area (Å²) in [6.45, 7) is 4.46. The van der Waals surface area contributed by atoms with Gasteiger partial charge in [0.15, 0.2) is 0 Å². The van der Waals surface area contributed by atoms with Gasteiger partial charge in [-0.1, -0.05) is 26.0 Å². The zero-order valence-corrected chi connectivity index (χ0v) is 7.96. The predicted octanol–water partition coefficient (Wildman–Crippen LogP) is 2.47. The summed E-state index contributed by atoms with van der Waals surface area (Å²) in [6, 6.07) is 0. The van der Waals surface area contributed by atoms with E-state index in [1.54, 1.807) is 0 Å². The van der Waals surface area contributed by atoms with Gasteiger partial charge in [0.25, 0.3) is 0 Å². The molecule has 0 aliphatic heterocycles. The molecule has 2 N–H and O–H groups in total. The van der Waals surface area contributed by atoms with E-state index in [1.807, 2.05) is 6.08 Å². The molecule has 0 aliphatic rings. The Kier molecular flexibility index (Phi) is 7.41. The van der Waals surface area contributed by atoms with Crippen molar-refractivity contribution in [2.45, 2.75) is 33.1 Å². The van der Waals surface area contributed by atoms with Crippen LogP contribution in [-0.4, -0.2) is 5.87 Å². The third-order valence-electron chi connectivity index (χ3n) is 1.50. The van der Waals surface area contributed by atoms with Crippen LogP contribution >= 0.6 is 0 Å². The Labute approximate surface area is 74.8 Å². The summed E-state index contributed by atoms with van der Waals surface area (Å²) >= 11 is 0. The molecule has 0 radical (unpaired) electrons. The standard InChI is InChI=1S/C10H18N2/c1-10(2)8-6-4-3-5-7-9-12-11/h3-4,7,10H,5-6,8,11H2,1-2H3/b4-3-. The largest absolute Gasteiger partial charge is 0.315 e. The van der Waals surface area contributed by atoms with Gasteiger partial charge in [0.1, 0.15) is 0 Å². The Morgan fingerprint density at radius 1 is 1.42 bits per heavy atom. The fourth-order valence-corrected chi connectivity index (χ4v) is 0.817. The molecule has 0 fully saturated rings. The maximum absolute atomic E-state index is 4.87. The summed E-state index contributed by atoms with van der Waals surface area (Å²) in [5.74, 6) is 8.23. The first-order valence-electron chi connectivity index (χ1n) is 4.39. The minimum absolute atomic E-state index is 0.788. The van der Waals surface area contributed by atoms with Crippen LogP contribution in [0, 0.1) is 5.92 Å². The van der Waals surface area contributed by atoms with Gasteiger partial charge in [-0.3, -0.25) is 0 Å². The molecule has 2 heteroatoms. The molecule has 0 aromatic rings. The molecule has 0 spiro atoms. The second kappa shape index (κ2) is 8.09. The van der Waals surface area contributed by atoms with Crippen molar-refractivity contribution in [1.29, 1.82) is 0 Å². The van der Waals surface area contributed by atoms with E-state index >= 15 is 0 Å². The van der Waals surface area contributed by atoms with Crippen molar-refractivity contribution >= 4 is 5.87 Å². The van der Waals surface area contributed by atoms with Crippen LogP contribution < -0.4 is 5.84 Å². The van der Waals surface area contributed by atoms with Gasteiger partial charge >= 0.3 is 0 Å². The summed E-state index contributed by atoms with van der Waals surface area (Å²) in [5, 5.41) is 3.24. The van der Waals surface area contributed by atoms with E-state index in [0.717, 1.165) is 18.8 Å². The van der Waals surface area contributed by atoms with Crippen molar-refractivity contribution in [2.24, 2.45) is 16.9 Å². The van der Waals surface area contributed by atoms with E-state index < -0.39 is 0 Å². The van der Waals surface area contributed by atoms with E-state index in [0.29, 0.717) is 0 Å². The van der Waals surface area contributed by atoms with Crippen LogP contribution in [0.2, 0.25) is 0 Å². The lowest BCUT2D eigenvalue weighted by Crippen LogP contribution is -1.83. The molecule has 0 saturated heterocycles. The highest BCUT2D eigenvalue weighted by molar-refractivity contribution is 5.51. The first-order valence-corrected chi connectivity index (χ1v) is 4.39. The monoisotopic (exact) mass is 166 g/mol. The molecule has 0 amide bonds. The van der Waals surface area contributed by atoms with E-state index in [4.69, 9.17) is 5.84 Å². The van der Waals surface area contributed by atoms with Crippen molar-refractivity contribution in [3.8, 4) is 0 Å². The second-order valence-corrected chi connectivity index (χ2v) is 3.14. The van der Waals surface area contributed by atoms with Crippen molar-refractivity contribution in [1.82, 2.24) is 0 Å². The number of hydrogen-bond donors (Lipinski definition) is 1. The van der Waals surface area contributed by atoms with Crippen LogP contribution in [0.3, 0.4) is 0 Å². The van der Waals surface area contributed by atoms with Gasteiger partial charge < -0.3 is 5.84 Å². The summed E-state index contributed by atoms with van der Waals surface area (Å²) in [4.78, 5) is 0. The van der Waals surface area contributed by atoms with Gasteiger partial charge in [-0.25, -0.2) is 0 Å². The molecular formula is C10H18N2. The number of nitrogens with two attached hydrogens (primary N) is 1. The fourth-order valence-electron chi connectivity index (χ4n) is 0.817. The fraction of sp³-hybridized carbons (Fsp3) is 0.600. The first-order chi connectivity index (χ1) is 5.77. The quantitative estimate of drug-likeness (QED) is 0.290. The van der Waals surface area contributed by atoms with E-state index in [-0.39, 0.29) is 0 Å². The molecule has 0 atom stereocenters. The van der Waals surface area contributed by atoms with Crippen LogP contribution in [0.15, 0.2) is 23.3 Å². The Balaban J connectivity index is 3.32. The van der Waals surface area contributed by atoms with E-state index in [1.165, 1.54) is 6.42 Å². The molecule has 0 unspecified atom stereocenters. The molecule has 0 aliphatic carbocycles. The molecular weight excluding hydrogens is 148 g/mol. The lowest BCUT2D eigenvalue weighted by atomic mass is 10.1. The maximum atomic E-state index is 4.87. The van der Waals surface area contributed by atoms with Crippen LogP contribution in [0.1, 0.15) is 33.1 Å². The third-order valence-corrected chi connectivity index (χ3v) is 1.50. The number of rotatable bonds is 5. The van der Waals surface area contributed by atoms with Crippen molar-refractivity contribution in [3.05, 3.63) is 18.2 Å². The minimum atomic E-state index is 0.788. The molecule has 12 heavy (non-hydrogen) atoms. The molecule has 0 aromatic heterocycles. The van der Waals surface area contributed by atoms with Gasteiger partial charge in [-0.2, -0.15) is 0 Å². The first kappa shape index (κ1) is 11.0. The smallest absolute Gasteiger partial charge is 0.00358 e. The average Bonchev–Trinajstić information content (AvgIpc) is 2.02. The number of hydrogen-bond acceptors (Lipinski definition) is 2. The summed E-state index contributed by atoms with van der Waals surface area (Å²) in [6.07, 6.45) is 9.40. The Morgan fingerprint density at radius 2 is 2.17 bits per heavy atom. The average molecular weight is 166 g/mol. The summed E-state index contributed by atoms with van der Waals surface area (Å²) in [5.41, 5.74) is 0. The van der Waals surface area contributed by atoms with Crippen LogP contribution in [0.5, 0.6) is 0 Å². The number of nitrogens with zero attached hydrogens (tertiary/aromatic N) is 1. The van der Waals surface area contributed by atoms with E-state index in [9.17, 15) is 0 Å². The molecule has 0 bridgehead atoms. The van der Waals surface area contributed by atoms with Gasteiger partial charge in [-0.05, 0) is 31.3 Å². The SMILES string of the molecule is CC(C)CC/C=C\CC=C=NN. The highest BCUT2D eigenvalue weighted by Gasteiger charge is 1.88. The number of allylic oxidation sites excluding steroid dienone is 3. The predicted molar refractivity (Wildman–Crippen MR) is 54.0 cm³/mol. The Hall–Kier alpha value is -1.01. The zero-order chi connectivity index (χ0) is 9.23. The number of hydrazone groups is 1. The molecule has 68 valence electrons. The normalized spacial score (nSPS) is 10.2. The van der Waals surface area contributed by atoms with Crippen LogP contribution in [0.25, 0.3) is 0 Å². The highest BCUT2D eigenvalue weighted by atomic mass is 15.1. The molecule has 0 aromatic carbocycles. The molecule has 0 rings (SSSR count). The topological polar surface area (TPSA) is 38.4 Å². The van der Waals surface area contributed by atoms with Crippen LogP contribution in [0.4, 0.5) is 0 Å². The van der Waals surface area contributed by atoms with Gasteiger partial charge in [0, 0.05) is 5.87 Å². The van der Waals surface area contributed by atoms with Crippen LogP contribution in [-0.2, 0) is 0 Å². The second-order valence-electron chi connectivity index (χ2n) is 3.14. The lowest BCUT2D eigenvalue weighted by molar-refractivity contribution is 0.594.